The number of carbonyl (C=O) groups is 6. The van der Waals surface area contributed by atoms with E-state index in [1.165, 1.54) is 7.11 Å². The molecule has 1 fully saturated rings. The number of aliphatic carboxylic acids is 1. The average molecular weight is 905 g/mol. The molecule has 1 aliphatic heterocycles. The summed E-state index contributed by atoms with van der Waals surface area (Å²) < 4.78 is 11.1. The number of carboxylic acids is 1. The van der Waals surface area contributed by atoms with Crippen molar-refractivity contribution in [3.8, 4) is 11.3 Å². The maximum atomic E-state index is 15.0. The molecule has 0 unspecified atom stereocenters. The first kappa shape index (κ1) is 50.2. The molecule has 4 N–H and O–H groups in total. The van der Waals surface area contributed by atoms with Crippen LogP contribution in [0.4, 0.5) is 9.59 Å². The first-order chi connectivity index (χ1) is 31.3. The van der Waals surface area contributed by atoms with Crippen molar-refractivity contribution in [2.45, 2.75) is 110 Å². The minimum absolute atomic E-state index is 0.0485. The minimum Gasteiger partial charge on any atom is -0.481 e. The molecule has 3 aromatic carbocycles. The Morgan fingerprint density at radius 2 is 1.33 bits per heavy atom. The summed E-state index contributed by atoms with van der Waals surface area (Å²) in [6, 6.07) is 28.2. The molecule has 1 saturated heterocycles. The van der Waals surface area contributed by atoms with E-state index in [0.29, 0.717) is 19.6 Å². The third kappa shape index (κ3) is 14.6. The second kappa shape index (κ2) is 22.9. The number of hydrogen-bond acceptors (Lipinski definition) is 9. The number of esters is 1. The average Bonchev–Trinajstić information content (AvgIpc) is 3.62. The van der Waals surface area contributed by atoms with Gasteiger partial charge in [-0.2, -0.15) is 0 Å². The highest BCUT2D eigenvalue weighted by Crippen LogP contribution is 2.30. The predicted molar refractivity (Wildman–Crippen MR) is 250 cm³/mol. The van der Waals surface area contributed by atoms with Crippen molar-refractivity contribution >= 4 is 35.9 Å². The van der Waals surface area contributed by atoms with Gasteiger partial charge in [0, 0.05) is 43.9 Å². The molecule has 4 aromatic rings. The third-order valence-corrected chi connectivity index (χ3v) is 11.5. The standard InChI is InChI=1S/C51H64N6O9/c1-50(2,3)44(55-48(63)65-7)46(61)53-38(30-35-21-23-37(24-22-35)39-20-14-15-27-52-39)32-41(66-43(60)26-25-42(58)59)40(31-34-16-10-8-11-17-34)54-47(62)45(51(4,5)6)57-29-28-56(49(57)64)33-36-18-12-9-13-19-36/h8-24,27,38,40-41,44-45H,25-26,28-33H2,1-7H3,(H,53,61)(H,54,62)(H,55,63)(H,58,59)/t38-,40-,41-,44+,45+/m0/s1. The Labute approximate surface area is 387 Å². The largest absolute Gasteiger partial charge is 0.481 e. The Hall–Kier alpha value is -6.77. The van der Waals surface area contributed by atoms with Crippen LogP contribution in [-0.2, 0) is 48.0 Å². The second-order valence-electron chi connectivity index (χ2n) is 18.9. The number of hydrogen-bond donors (Lipinski definition) is 4. The summed E-state index contributed by atoms with van der Waals surface area (Å²) in [6.07, 6.45) is -0.811. The maximum Gasteiger partial charge on any atom is 0.407 e. The van der Waals surface area contributed by atoms with E-state index in [9.17, 15) is 33.9 Å². The highest BCUT2D eigenvalue weighted by atomic mass is 16.5. The van der Waals surface area contributed by atoms with E-state index in [1.54, 1.807) is 36.8 Å². The lowest BCUT2D eigenvalue weighted by Gasteiger charge is -2.39. The van der Waals surface area contributed by atoms with Crippen molar-refractivity contribution in [2.75, 3.05) is 20.2 Å². The van der Waals surface area contributed by atoms with E-state index in [2.05, 4.69) is 20.9 Å². The molecule has 5 atom stereocenters. The minimum atomic E-state index is -1.19. The fraction of sp³-hybridized carbons (Fsp3) is 0.431. The van der Waals surface area contributed by atoms with Gasteiger partial charge in [-0.3, -0.25) is 24.2 Å². The molecule has 1 aliphatic rings. The lowest BCUT2D eigenvalue weighted by molar-refractivity contribution is -0.155. The van der Waals surface area contributed by atoms with E-state index in [1.807, 2.05) is 124 Å². The molecule has 5 amide bonds. The Morgan fingerprint density at radius 3 is 1.91 bits per heavy atom. The number of urea groups is 1. The molecule has 15 heteroatoms. The number of pyridine rings is 1. The third-order valence-electron chi connectivity index (χ3n) is 11.5. The van der Waals surface area contributed by atoms with Gasteiger partial charge >= 0.3 is 24.1 Å². The summed E-state index contributed by atoms with van der Waals surface area (Å²) in [7, 11) is 1.21. The summed E-state index contributed by atoms with van der Waals surface area (Å²) in [5, 5.41) is 18.5. The fourth-order valence-corrected chi connectivity index (χ4v) is 8.17. The van der Waals surface area contributed by atoms with Crippen LogP contribution in [0.5, 0.6) is 0 Å². The number of nitrogens with zero attached hydrogens (tertiary/aromatic N) is 3. The van der Waals surface area contributed by atoms with Gasteiger partial charge in [-0.05, 0) is 52.5 Å². The zero-order valence-electron chi connectivity index (χ0n) is 39.0. The number of aromatic nitrogens is 1. The van der Waals surface area contributed by atoms with Crippen molar-refractivity contribution in [3.05, 3.63) is 126 Å². The van der Waals surface area contributed by atoms with Crippen molar-refractivity contribution in [2.24, 2.45) is 10.8 Å². The number of methoxy groups -OCH3 is 1. The number of ether oxygens (including phenoxy) is 2. The fourth-order valence-electron chi connectivity index (χ4n) is 8.17. The van der Waals surface area contributed by atoms with Crippen LogP contribution in [0.2, 0.25) is 0 Å². The summed E-state index contributed by atoms with van der Waals surface area (Å²) in [4.78, 5) is 89.0. The van der Waals surface area contributed by atoms with E-state index >= 15 is 0 Å². The summed E-state index contributed by atoms with van der Waals surface area (Å²) >= 11 is 0. The number of nitrogens with one attached hydrogen (secondary N) is 3. The van der Waals surface area contributed by atoms with Crippen LogP contribution in [0.3, 0.4) is 0 Å². The van der Waals surface area contributed by atoms with Crippen molar-refractivity contribution in [1.82, 2.24) is 30.7 Å². The summed E-state index contributed by atoms with van der Waals surface area (Å²) in [5.41, 5.74) is 2.70. The van der Waals surface area contributed by atoms with Gasteiger partial charge in [-0.15, -0.1) is 0 Å². The topological polar surface area (TPSA) is 197 Å². The number of amides is 5. The molecule has 15 nitrogen and oxygen atoms in total. The number of benzene rings is 3. The summed E-state index contributed by atoms with van der Waals surface area (Å²) in [5.74, 6) is -2.99. The zero-order chi connectivity index (χ0) is 48.0. The first-order valence-corrected chi connectivity index (χ1v) is 22.3. The smallest absolute Gasteiger partial charge is 0.407 e. The van der Waals surface area contributed by atoms with Gasteiger partial charge < -0.3 is 40.3 Å². The van der Waals surface area contributed by atoms with Gasteiger partial charge in [0.2, 0.25) is 11.8 Å². The monoisotopic (exact) mass is 904 g/mol. The molecule has 2 heterocycles. The molecule has 0 bridgehead atoms. The second-order valence-corrected chi connectivity index (χ2v) is 18.9. The predicted octanol–water partition coefficient (Wildman–Crippen LogP) is 6.79. The van der Waals surface area contributed by atoms with Crippen LogP contribution >= 0.6 is 0 Å². The molecule has 1 aromatic heterocycles. The van der Waals surface area contributed by atoms with Crippen molar-refractivity contribution in [3.63, 3.8) is 0 Å². The van der Waals surface area contributed by atoms with E-state index in [0.717, 1.165) is 27.9 Å². The number of carboxylic acid groups (broad SMARTS) is 1. The number of rotatable bonds is 20. The van der Waals surface area contributed by atoms with Gasteiger partial charge in [0.05, 0.1) is 31.7 Å². The van der Waals surface area contributed by atoms with E-state index in [-0.39, 0.29) is 25.3 Å². The van der Waals surface area contributed by atoms with Gasteiger partial charge in [0.15, 0.2) is 0 Å². The molecule has 0 radical (unpaired) electrons. The molecule has 0 saturated carbocycles. The van der Waals surface area contributed by atoms with Crippen LogP contribution < -0.4 is 16.0 Å². The number of carbonyl (C=O) groups excluding carboxylic acids is 5. The normalized spacial score (nSPS) is 15.2. The summed E-state index contributed by atoms with van der Waals surface area (Å²) in [6.45, 7) is 12.2. The Kier molecular flexibility index (Phi) is 17.4. The molecular formula is C51H64N6O9. The van der Waals surface area contributed by atoms with Crippen molar-refractivity contribution in [1.29, 1.82) is 0 Å². The Morgan fingerprint density at radius 1 is 0.712 bits per heavy atom. The van der Waals surface area contributed by atoms with Gasteiger partial charge in [-0.1, -0.05) is 133 Å². The molecule has 0 spiro atoms. The maximum absolute atomic E-state index is 15.0. The van der Waals surface area contributed by atoms with Gasteiger partial charge in [-0.25, -0.2) is 9.59 Å². The van der Waals surface area contributed by atoms with Crippen LogP contribution in [0, 0.1) is 10.8 Å². The van der Waals surface area contributed by atoms with E-state index < -0.39 is 83.8 Å². The van der Waals surface area contributed by atoms with Gasteiger partial charge in [0.1, 0.15) is 18.2 Å². The van der Waals surface area contributed by atoms with Crippen molar-refractivity contribution < 1.29 is 43.3 Å². The highest BCUT2D eigenvalue weighted by molar-refractivity contribution is 5.89. The Balaban J connectivity index is 1.54. The van der Waals surface area contributed by atoms with Crippen LogP contribution in [0.25, 0.3) is 11.3 Å². The molecule has 5 rings (SSSR count). The first-order valence-electron chi connectivity index (χ1n) is 22.3. The SMILES string of the molecule is COC(=O)N[C@H](C(=O)N[C@@H](Cc1ccc(-c2ccccn2)cc1)C[C@H](OC(=O)CCC(=O)O)[C@H](Cc1ccccc1)NC(=O)[C@@H](N1CCN(Cc2ccccc2)C1=O)C(C)(C)C)C(C)(C)C. The van der Waals surface area contributed by atoms with E-state index in [4.69, 9.17) is 9.47 Å². The molecule has 66 heavy (non-hydrogen) atoms. The molecule has 0 aliphatic carbocycles. The quantitative estimate of drug-likeness (QED) is 0.0686. The lowest BCUT2D eigenvalue weighted by atomic mass is 9.84. The van der Waals surface area contributed by atoms with Crippen LogP contribution in [-0.4, -0.2) is 106 Å². The Bertz CT molecular complexity index is 2250. The zero-order valence-corrected chi connectivity index (χ0v) is 39.0. The van der Waals surface area contributed by atoms with Crippen LogP contribution in [0.15, 0.2) is 109 Å². The van der Waals surface area contributed by atoms with Gasteiger partial charge in [0.25, 0.3) is 0 Å². The lowest BCUT2D eigenvalue weighted by Crippen LogP contribution is -2.60. The number of alkyl carbamates (subject to hydrolysis) is 1. The molecule has 352 valence electrons. The van der Waals surface area contributed by atoms with Crippen LogP contribution in [0.1, 0.15) is 77.5 Å². The molecular weight excluding hydrogens is 841 g/mol. The highest BCUT2D eigenvalue weighted by Gasteiger charge is 2.45.